The van der Waals surface area contributed by atoms with Crippen LogP contribution >= 0.6 is 11.3 Å². The van der Waals surface area contributed by atoms with E-state index in [0.29, 0.717) is 31.5 Å². The molecule has 1 aliphatic heterocycles. The van der Waals surface area contributed by atoms with Gasteiger partial charge in [0.25, 0.3) is 0 Å². The minimum Gasteiger partial charge on any atom is -0.481 e. The van der Waals surface area contributed by atoms with Gasteiger partial charge >= 0.3 is 5.97 Å². The number of carboxylic acids is 1. The molecule has 7 nitrogen and oxygen atoms in total. The molecule has 1 saturated heterocycles. The van der Waals surface area contributed by atoms with Crippen molar-refractivity contribution in [2.75, 3.05) is 26.7 Å². The van der Waals surface area contributed by atoms with Gasteiger partial charge in [-0.1, -0.05) is 0 Å². The molecule has 2 rings (SSSR count). The average molecular weight is 394 g/mol. The average Bonchev–Trinajstić information content (AvgIpc) is 2.97. The maximum Gasteiger partial charge on any atom is 0.306 e. The lowest BCUT2D eigenvalue weighted by molar-refractivity contribution is -0.146. The molecule has 1 aromatic heterocycles. The number of piperidine rings is 1. The minimum absolute atomic E-state index is 0.0542. The first-order valence-electron chi connectivity index (χ1n) is 9.03. The number of ketones is 1. The van der Waals surface area contributed by atoms with Crippen LogP contribution in [0.3, 0.4) is 0 Å². The maximum absolute atomic E-state index is 12.3. The topological polar surface area (TPSA) is 95.0 Å². The molecule has 0 saturated carbocycles. The molecule has 0 bridgehead atoms. The van der Waals surface area contributed by atoms with E-state index in [-0.39, 0.29) is 37.0 Å². The lowest BCUT2D eigenvalue weighted by Gasteiger charge is -2.31. The Labute approximate surface area is 163 Å². The van der Waals surface area contributed by atoms with Gasteiger partial charge in [0.2, 0.25) is 11.8 Å². The van der Waals surface area contributed by atoms with Crippen LogP contribution in [0.2, 0.25) is 0 Å². The number of amides is 2. The van der Waals surface area contributed by atoms with Gasteiger partial charge in [-0.15, -0.1) is 11.3 Å². The highest BCUT2D eigenvalue weighted by Gasteiger charge is 2.28. The molecular weight excluding hydrogens is 368 g/mol. The van der Waals surface area contributed by atoms with Gasteiger partial charge in [-0.3, -0.25) is 19.2 Å². The summed E-state index contributed by atoms with van der Waals surface area (Å²) < 4.78 is 0. The van der Waals surface area contributed by atoms with Crippen LogP contribution in [-0.2, 0) is 14.4 Å². The molecular formula is C19H26N2O5S. The van der Waals surface area contributed by atoms with Gasteiger partial charge in [-0.05, 0) is 32.8 Å². The number of hydrogen-bond donors (Lipinski definition) is 1. The summed E-state index contributed by atoms with van der Waals surface area (Å²) in [5.74, 6) is -1.72. The predicted octanol–water partition coefficient (Wildman–Crippen LogP) is 2.11. The summed E-state index contributed by atoms with van der Waals surface area (Å²) in [6.07, 6.45) is 1.07. The number of aryl methyl sites for hydroxylation is 2. The van der Waals surface area contributed by atoms with E-state index < -0.39 is 11.9 Å². The molecule has 2 amide bonds. The zero-order valence-electron chi connectivity index (χ0n) is 16.0. The number of thiophene rings is 1. The molecule has 0 aliphatic carbocycles. The Morgan fingerprint density at radius 1 is 1.19 bits per heavy atom. The highest BCUT2D eigenvalue weighted by Crippen LogP contribution is 2.22. The number of hydrogen-bond acceptors (Lipinski definition) is 5. The number of carbonyl (C=O) groups is 4. The van der Waals surface area contributed by atoms with Crippen LogP contribution in [0.5, 0.6) is 0 Å². The van der Waals surface area contributed by atoms with Crippen LogP contribution < -0.4 is 0 Å². The summed E-state index contributed by atoms with van der Waals surface area (Å²) in [5.41, 5.74) is 0.672. The van der Waals surface area contributed by atoms with E-state index >= 15 is 0 Å². The fourth-order valence-corrected chi connectivity index (χ4v) is 4.16. The third-order valence-electron chi connectivity index (χ3n) is 4.90. The highest BCUT2D eigenvalue weighted by molar-refractivity contribution is 7.12. The fraction of sp³-hybridized carbons (Fsp3) is 0.579. The smallest absolute Gasteiger partial charge is 0.306 e. The molecule has 1 N–H and O–H groups in total. The first-order valence-corrected chi connectivity index (χ1v) is 9.85. The molecule has 2 heterocycles. The third-order valence-corrected chi connectivity index (χ3v) is 5.87. The molecule has 1 aliphatic rings. The van der Waals surface area contributed by atoms with Gasteiger partial charge in [0.05, 0.1) is 12.5 Å². The molecule has 0 atom stereocenters. The standard InChI is InChI=1S/C19H26N2O5S/c1-12-10-15(13(2)27-12)16(22)4-5-17(23)20(3)11-18(24)21-8-6-14(7-9-21)19(25)26/h10,14H,4-9,11H2,1-3H3,(H,25,26). The zero-order chi connectivity index (χ0) is 20.1. The summed E-state index contributed by atoms with van der Waals surface area (Å²) in [6, 6.07) is 1.85. The first-order chi connectivity index (χ1) is 12.7. The number of carbonyl (C=O) groups excluding carboxylic acids is 3. The molecule has 0 unspecified atom stereocenters. The van der Waals surface area contributed by atoms with Crippen molar-refractivity contribution in [1.82, 2.24) is 9.80 Å². The number of nitrogens with zero attached hydrogens (tertiary/aromatic N) is 2. The van der Waals surface area contributed by atoms with Gasteiger partial charge in [-0.25, -0.2) is 0 Å². The third kappa shape index (κ3) is 5.63. The summed E-state index contributed by atoms with van der Waals surface area (Å²) in [7, 11) is 1.55. The van der Waals surface area contributed by atoms with Crippen LogP contribution in [0.1, 0.15) is 45.8 Å². The Morgan fingerprint density at radius 3 is 2.33 bits per heavy atom. The first kappa shape index (κ1) is 21.1. The fourth-order valence-electron chi connectivity index (χ4n) is 3.22. The Morgan fingerprint density at radius 2 is 1.81 bits per heavy atom. The van der Waals surface area contributed by atoms with Gasteiger partial charge in [0.15, 0.2) is 5.78 Å². The summed E-state index contributed by atoms with van der Waals surface area (Å²) in [4.78, 5) is 52.8. The second kappa shape index (κ2) is 9.12. The van der Waals surface area contributed by atoms with E-state index in [0.717, 1.165) is 9.75 Å². The van der Waals surface area contributed by atoms with E-state index in [1.165, 1.54) is 4.90 Å². The molecule has 8 heteroatoms. The lowest BCUT2D eigenvalue weighted by atomic mass is 9.97. The zero-order valence-corrected chi connectivity index (χ0v) is 16.8. The highest BCUT2D eigenvalue weighted by atomic mass is 32.1. The van der Waals surface area contributed by atoms with Crippen LogP contribution in [0.15, 0.2) is 6.07 Å². The predicted molar refractivity (Wildman–Crippen MR) is 102 cm³/mol. The van der Waals surface area contributed by atoms with Crippen molar-refractivity contribution in [1.29, 1.82) is 0 Å². The number of rotatable bonds is 7. The van der Waals surface area contributed by atoms with E-state index in [1.54, 1.807) is 23.3 Å². The van der Waals surface area contributed by atoms with E-state index in [1.807, 2.05) is 19.9 Å². The largest absolute Gasteiger partial charge is 0.481 e. The maximum atomic E-state index is 12.3. The van der Waals surface area contributed by atoms with E-state index in [4.69, 9.17) is 5.11 Å². The number of likely N-dealkylation sites (N-methyl/N-ethyl adjacent to an activating group) is 1. The van der Waals surface area contributed by atoms with Crippen molar-refractivity contribution in [3.05, 3.63) is 21.4 Å². The molecule has 27 heavy (non-hydrogen) atoms. The summed E-state index contributed by atoms with van der Waals surface area (Å²) >= 11 is 1.56. The second-order valence-corrected chi connectivity index (χ2v) is 8.45. The summed E-state index contributed by atoms with van der Waals surface area (Å²) in [5, 5.41) is 9.00. The van der Waals surface area contributed by atoms with Crippen LogP contribution in [0.4, 0.5) is 0 Å². The van der Waals surface area contributed by atoms with Crippen LogP contribution in [0, 0.1) is 19.8 Å². The van der Waals surface area contributed by atoms with E-state index in [9.17, 15) is 19.2 Å². The van der Waals surface area contributed by atoms with E-state index in [2.05, 4.69) is 0 Å². The Balaban J connectivity index is 1.78. The number of aliphatic carboxylic acids is 1. The SMILES string of the molecule is Cc1cc(C(=O)CCC(=O)N(C)CC(=O)N2CCC(C(=O)O)CC2)c(C)s1. The van der Waals surface area contributed by atoms with Gasteiger partial charge in [0, 0.05) is 48.3 Å². The normalized spacial score (nSPS) is 14.9. The molecule has 0 aromatic carbocycles. The monoisotopic (exact) mass is 394 g/mol. The molecule has 1 fully saturated rings. The summed E-state index contributed by atoms with van der Waals surface area (Å²) in [6.45, 7) is 4.57. The van der Waals surface area contributed by atoms with Crippen molar-refractivity contribution in [3.63, 3.8) is 0 Å². The lowest BCUT2D eigenvalue weighted by Crippen LogP contribution is -2.45. The van der Waals surface area contributed by atoms with Crippen molar-refractivity contribution in [3.8, 4) is 0 Å². The Kier molecular flexibility index (Phi) is 7.12. The van der Waals surface area contributed by atoms with Crippen LogP contribution in [0.25, 0.3) is 0 Å². The van der Waals surface area contributed by atoms with Gasteiger partial charge < -0.3 is 14.9 Å². The quantitative estimate of drug-likeness (QED) is 0.715. The van der Waals surface area contributed by atoms with Crippen molar-refractivity contribution >= 4 is 34.9 Å². The Bertz CT molecular complexity index is 734. The molecule has 0 radical (unpaired) electrons. The van der Waals surface area contributed by atoms with Gasteiger partial charge in [-0.2, -0.15) is 0 Å². The van der Waals surface area contributed by atoms with Crippen LogP contribution in [-0.4, -0.2) is 65.2 Å². The molecule has 148 valence electrons. The second-order valence-electron chi connectivity index (χ2n) is 6.99. The Hall–Kier alpha value is -2.22. The number of Topliss-reactive ketones (excluding diaryl/α,β-unsaturated/α-hetero) is 1. The number of likely N-dealkylation sites (tertiary alicyclic amines) is 1. The van der Waals surface area contributed by atoms with Crippen molar-refractivity contribution < 1.29 is 24.3 Å². The van der Waals surface area contributed by atoms with Crippen molar-refractivity contribution in [2.24, 2.45) is 5.92 Å². The molecule has 0 spiro atoms. The number of carboxylic acid groups (broad SMARTS) is 1. The van der Waals surface area contributed by atoms with Crippen molar-refractivity contribution in [2.45, 2.75) is 39.5 Å². The molecule has 1 aromatic rings. The van der Waals surface area contributed by atoms with Gasteiger partial charge in [0.1, 0.15) is 0 Å². The minimum atomic E-state index is -0.824.